The summed E-state index contributed by atoms with van der Waals surface area (Å²) in [6, 6.07) is 11.5. The first-order valence-corrected chi connectivity index (χ1v) is 8.92. The van der Waals surface area contributed by atoms with Crippen LogP contribution in [-0.2, 0) is 14.3 Å². The number of carbonyl (C=O) groups is 2. The van der Waals surface area contributed by atoms with E-state index < -0.39 is 11.9 Å². The first-order valence-electron chi connectivity index (χ1n) is 8.10. The molecule has 0 atom stereocenters. The molecule has 0 saturated carbocycles. The lowest BCUT2D eigenvalue weighted by molar-refractivity contribution is -0.135. The molecule has 0 unspecified atom stereocenters. The lowest BCUT2D eigenvalue weighted by atomic mass is 10.0. The third-order valence-corrected chi connectivity index (χ3v) is 4.58. The second-order valence-corrected chi connectivity index (χ2v) is 6.46. The summed E-state index contributed by atoms with van der Waals surface area (Å²) in [5.41, 5.74) is 0.720. The molecule has 2 aromatic rings. The second-order valence-electron chi connectivity index (χ2n) is 5.43. The molecule has 0 spiro atoms. The zero-order valence-corrected chi connectivity index (χ0v) is 15.7. The van der Waals surface area contributed by atoms with Crippen molar-refractivity contribution in [1.29, 1.82) is 0 Å². The molecule has 28 heavy (non-hydrogen) atoms. The molecule has 1 amide bonds. The lowest BCUT2D eigenvalue weighted by Crippen LogP contribution is -2.19. The number of amidine groups is 1. The molecule has 0 aromatic heterocycles. The van der Waals surface area contributed by atoms with Gasteiger partial charge in [0.2, 0.25) is 0 Å². The third kappa shape index (κ3) is 4.39. The molecule has 3 rings (SSSR count). The number of rotatable bonds is 5. The fraction of sp³-hybridized carbons (Fsp3) is 0.100. The molecule has 140 valence electrons. The summed E-state index contributed by atoms with van der Waals surface area (Å²) in [5, 5.41) is 12.8. The van der Waals surface area contributed by atoms with Crippen molar-refractivity contribution in [3.63, 3.8) is 0 Å². The van der Waals surface area contributed by atoms with Gasteiger partial charge in [-0.25, -0.2) is 4.79 Å². The molecule has 1 heterocycles. The number of hydrogen-bond acceptors (Lipinski definition) is 7. The fourth-order valence-corrected chi connectivity index (χ4v) is 3.17. The maximum Gasteiger partial charge on any atom is 0.331 e. The molecule has 7 nitrogen and oxygen atoms in total. The highest BCUT2D eigenvalue weighted by atomic mass is 32.2. The van der Waals surface area contributed by atoms with Gasteiger partial charge in [-0.3, -0.25) is 10.1 Å². The van der Waals surface area contributed by atoms with Crippen molar-refractivity contribution in [3.05, 3.63) is 52.9 Å². The Balaban J connectivity index is 1.88. The van der Waals surface area contributed by atoms with Crippen LogP contribution in [0.3, 0.4) is 0 Å². The Labute approximate surface area is 165 Å². The van der Waals surface area contributed by atoms with Crippen LogP contribution in [0.1, 0.15) is 5.56 Å². The highest BCUT2D eigenvalue weighted by molar-refractivity contribution is 8.18. The Morgan fingerprint density at radius 2 is 2.14 bits per heavy atom. The van der Waals surface area contributed by atoms with E-state index in [1.807, 2.05) is 36.4 Å². The molecule has 0 radical (unpaired) electrons. The van der Waals surface area contributed by atoms with Gasteiger partial charge in [-0.1, -0.05) is 36.3 Å². The Morgan fingerprint density at radius 1 is 1.32 bits per heavy atom. The topological polar surface area (TPSA) is 89.4 Å². The summed E-state index contributed by atoms with van der Waals surface area (Å²) in [6.07, 6.45) is 7.92. The van der Waals surface area contributed by atoms with Crippen molar-refractivity contribution in [2.45, 2.75) is 0 Å². The van der Waals surface area contributed by atoms with Crippen LogP contribution in [0.4, 0.5) is 0 Å². The number of terminal acetylenes is 1. The minimum Gasteiger partial charge on any atom is -0.480 e. The van der Waals surface area contributed by atoms with E-state index in [1.54, 1.807) is 0 Å². The molecule has 1 aliphatic rings. The van der Waals surface area contributed by atoms with Crippen LogP contribution in [-0.4, -0.2) is 37.0 Å². The van der Waals surface area contributed by atoms with E-state index in [2.05, 4.69) is 26.2 Å². The van der Waals surface area contributed by atoms with Gasteiger partial charge in [-0.05, 0) is 28.6 Å². The minimum atomic E-state index is -0.617. The van der Waals surface area contributed by atoms with Crippen molar-refractivity contribution >= 4 is 45.8 Å². The van der Waals surface area contributed by atoms with Gasteiger partial charge < -0.3 is 9.47 Å². The van der Waals surface area contributed by atoms with Gasteiger partial charge in [0, 0.05) is 11.6 Å². The maximum absolute atomic E-state index is 11.8. The van der Waals surface area contributed by atoms with Gasteiger partial charge in [-0.2, -0.15) is 5.10 Å². The number of nitrogens with zero attached hydrogens (tertiary/aromatic N) is 2. The van der Waals surface area contributed by atoms with Gasteiger partial charge in [0.1, 0.15) is 12.4 Å². The van der Waals surface area contributed by atoms with Crippen LogP contribution in [0.5, 0.6) is 5.75 Å². The SMILES string of the molecule is C#CCOc1ccc2ccccc2c1C=N/N=C1/NC(=O)/C(=C\C(=O)OC)S1. The Kier molecular flexibility index (Phi) is 6.09. The molecule has 1 N–H and O–H groups in total. The Bertz CT molecular complexity index is 1070. The van der Waals surface area contributed by atoms with E-state index in [0.717, 1.165) is 34.2 Å². The summed E-state index contributed by atoms with van der Waals surface area (Å²) in [7, 11) is 1.24. The maximum atomic E-state index is 11.8. The zero-order valence-electron chi connectivity index (χ0n) is 14.8. The van der Waals surface area contributed by atoms with Crippen molar-refractivity contribution in [1.82, 2.24) is 5.32 Å². The number of amides is 1. The summed E-state index contributed by atoms with van der Waals surface area (Å²) < 4.78 is 10.1. The Hall–Kier alpha value is -3.57. The number of carbonyl (C=O) groups excluding carboxylic acids is 2. The second kappa shape index (κ2) is 8.88. The molecule has 1 aliphatic heterocycles. The van der Waals surface area contributed by atoms with Crippen molar-refractivity contribution in [3.8, 4) is 18.1 Å². The van der Waals surface area contributed by atoms with E-state index in [9.17, 15) is 9.59 Å². The van der Waals surface area contributed by atoms with E-state index in [-0.39, 0.29) is 16.7 Å². The van der Waals surface area contributed by atoms with Crippen LogP contribution in [0.2, 0.25) is 0 Å². The molecule has 8 heteroatoms. The first kappa shape index (κ1) is 19.2. The number of ether oxygens (including phenoxy) is 2. The number of esters is 1. The average Bonchev–Trinajstić information content (AvgIpc) is 3.06. The molecular weight excluding hydrogens is 378 g/mol. The predicted octanol–water partition coefficient (Wildman–Crippen LogP) is 2.46. The summed E-state index contributed by atoms with van der Waals surface area (Å²) in [5.74, 6) is 1.96. The number of thioether (sulfide) groups is 1. The van der Waals surface area contributed by atoms with E-state index >= 15 is 0 Å². The molecule has 1 saturated heterocycles. The number of methoxy groups -OCH3 is 1. The van der Waals surface area contributed by atoms with Crippen LogP contribution < -0.4 is 10.1 Å². The number of hydrogen-bond donors (Lipinski definition) is 1. The van der Waals surface area contributed by atoms with Crippen molar-refractivity contribution in [2.24, 2.45) is 10.2 Å². The van der Waals surface area contributed by atoms with E-state index in [1.165, 1.54) is 13.3 Å². The quantitative estimate of drug-likeness (QED) is 0.277. The number of nitrogens with one attached hydrogen (secondary N) is 1. The normalized spacial score (nSPS) is 16.5. The standard InChI is InChI=1S/C20H15N3O4S/c1-3-10-27-16-9-8-13-6-4-5-7-14(13)15(16)12-21-23-20-22-19(25)17(28-20)11-18(24)26-2/h1,4-9,11-12H,10H2,2H3,(H,22,23,25)/b17-11+,21-12?. The minimum absolute atomic E-state index is 0.126. The first-order chi connectivity index (χ1) is 13.6. The van der Waals surface area contributed by atoms with Crippen molar-refractivity contribution < 1.29 is 19.1 Å². The van der Waals surface area contributed by atoms with Gasteiger partial charge in [0.15, 0.2) is 5.17 Å². The van der Waals surface area contributed by atoms with E-state index in [4.69, 9.17) is 11.2 Å². The third-order valence-electron chi connectivity index (χ3n) is 3.68. The lowest BCUT2D eigenvalue weighted by Gasteiger charge is -2.09. The van der Waals surface area contributed by atoms with Gasteiger partial charge in [-0.15, -0.1) is 11.5 Å². The van der Waals surface area contributed by atoms with Crippen LogP contribution in [0.25, 0.3) is 10.8 Å². The van der Waals surface area contributed by atoms with Gasteiger partial charge in [0.05, 0.1) is 18.2 Å². The van der Waals surface area contributed by atoms with Gasteiger partial charge in [0.25, 0.3) is 5.91 Å². The number of benzene rings is 2. The molecule has 2 aromatic carbocycles. The largest absolute Gasteiger partial charge is 0.480 e. The van der Waals surface area contributed by atoms with Crippen LogP contribution >= 0.6 is 11.8 Å². The summed E-state index contributed by atoms with van der Waals surface area (Å²) >= 11 is 0.997. The van der Waals surface area contributed by atoms with Crippen molar-refractivity contribution in [2.75, 3.05) is 13.7 Å². The molecule has 1 fully saturated rings. The highest BCUT2D eigenvalue weighted by Crippen LogP contribution is 2.27. The average molecular weight is 393 g/mol. The highest BCUT2D eigenvalue weighted by Gasteiger charge is 2.25. The zero-order chi connectivity index (χ0) is 19.9. The number of fused-ring (bicyclic) bond motifs is 1. The fourth-order valence-electron chi connectivity index (χ4n) is 2.43. The van der Waals surface area contributed by atoms with Crippen LogP contribution in [0, 0.1) is 12.3 Å². The van der Waals surface area contributed by atoms with E-state index in [0.29, 0.717) is 5.75 Å². The summed E-state index contributed by atoms with van der Waals surface area (Å²) in [6.45, 7) is 0.126. The molecule has 0 bridgehead atoms. The molecular formula is C20H15N3O4S. The predicted molar refractivity (Wildman–Crippen MR) is 109 cm³/mol. The summed E-state index contributed by atoms with van der Waals surface area (Å²) in [4.78, 5) is 23.3. The van der Waals surface area contributed by atoms with Gasteiger partial charge >= 0.3 is 5.97 Å². The smallest absolute Gasteiger partial charge is 0.331 e. The monoisotopic (exact) mass is 393 g/mol. The van der Waals surface area contributed by atoms with Crippen LogP contribution in [0.15, 0.2) is 57.6 Å². The Morgan fingerprint density at radius 3 is 2.93 bits per heavy atom. The molecule has 0 aliphatic carbocycles.